The molecule has 0 aromatic rings. The van der Waals surface area contributed by atoms with Crippen LogP contribution in [0, 0.1) is 29.6 Å². The maximum atomic E-state index is 12.0. The Balaban J connectivity index is 1.44. The summed E-state index contributed by atoms with van der Waals surface area (Å²) < 4.78 is 0. The fraction of sp³-hybridized carbons (Fsp3) is 0.923. The van der Waals surface area contributed by atoms with Gasteiger partial charge in [0.25, 0.3) is 0 Å². The third-order valence-corrected chi connectivity index (χ3v) is 4.89. The van der Waals surface area contributed by atoms with Crippen molar-refractivity contribution >= 4 is 5.91 Å². The van der Waals surface area contributed by atoms with Crippen LogP contribution in [0.3, 0.4) is 0 Å². The molecule has 0 aromatic carbocycles. The molecule has 3 rings (SSSR count). The van der Waals surface area contributed by atoms with Gasteiger partial charge in [0.15, 0.2) is 0 Å². The van der Waals surface area contributed by atoms with Gasteiger partial charge in [-0.1, -0.05) is 6.92 Å². The van der Waals surface area contributed by atoms with Crippen molar-refractivity contribution < 1.29 is 4.79 Å². The van der Waals surface area contributed by atoms with Gasteiger partial charge in [-0.15, -0.1) is 0 Å². The van der Waals surface area contributed by atoms with Crippen LogP contribution in [0.25, 0.3) is 0 Å². The highest BCUT2D eigenvalue weighted by atomic mass is 16.2. The van der Waals surface area contributed by atoms with Gasteiger partial charge in [-0.25, -0.2) is 0 Å². The molecule has 0 saturated heterocycles. The van der Waals surface area contributed by atoms with Gasteiger partial charge in [0, 0.05) is 19.0 Å². The normalized spacial score (nSPS) is 43.2. The van der Waals surface area contributed by atoms with Gasteiger partial charge in [-0.2, -0.15) is 0 Å². The van der Waals surface area contributed by atoms with E-state index >= 15 is 0 Å². The number of carbonyl (C=O) groups is 1. The SMILES string of the molecule is CCNCCNC(=O)C1C2C3CCC(C3)C12. The lowest BCUT2D eigenvalue weighted by Gasteiger charge is -2.09. The van der Waals surface area contributed by atoms with Crippen molar-refractivity contribution in [2.75, 3.05) is 19.6 Å². The van der Waals surface area contributed by atoms with E-state index in [1.54, 1.807) is 0 Å². The highest BCUT2D eigenvalue weighted by Gasteiger charge is 2.67. The van der Waals surface area contributed by atoms with Crippen LogP contribution in [0.5, 0.6) is 0 Å². The van der Waals surface area contributed by atoms with E-state index in [2.05, 4.69) is 17.6 Å². The standard InChI is InChI=1S/C13H22N2O/c1-2-14-5-6-15-13(16)12-10-8-3-4-9(7-8)11(10)12/h8-12,14H,2-7H2,1H3,(H,15,16). The summed E-state index contributed by atoms with van der Waals surface area (Å²) in [4.78, 5) is 12.0. The van der Waals surface area contributed by atoms with Gasteiger partial charge in [-0.3, -0.25) is 4.79 Å². The van der Waals surface area contributed by atoms with Gasteiger partial charge < -0.3 is 10.6 Å². The first-order valence-electron chi connectivity index (χ1n) is 6.81. The van der Waals surface area contributed by atoms with Crippen molar-refractivity contribution in [3.05, 3.63) is 0 Å². The summed E-state index contributed by atoms with van der Waals surface area (Å²) in [5.74, 6) is 4.09. The first kappa shape index (κ1) is 10.6. The molecule has 3 aliphatic carbocycles. The van der Waals surface area contributed by atoms with Crippen molar-refractivity contribution in [3.8, 4) is 0 Å². The molecule has 3 saturated carbocycles. The lowest BCUT2D eigenvalue weighted by molar-refractivity contribution is -0.123. The molecule has 2 bridgehead atoms. The molecule has 3 fully saturated rings. The maximum absolute atomic E-state index is 12.0. The summed E-state index contributed by atoms with van der Waals surface area (Å²) in [6.45, 7) is 4.76. The van der Waals surface area contributed by atoms with E-state index in [1.807, 2.05) is 0 Å². The van der Waals surface area contributed by atoms with E-state index in [9.17, 15) is 4.79 Å². The molecule has 16 heavy (non-hydrogen) atoms. The Labute approximate surface area is 97.4 Å². The first-order chi connectivity index (χ1) is 7.83. The number of likely N-dealkylation sites (N-methyl/N-ethyl adjacent to an activating group) is 1. The number of nitrogens with one attached hydrogen (secondary N) is 2. The molecular formula is C13H22N2O. The Kier molecular flexibility index (Phi) is 2.66. The van der Waals surface area contributed by atoms with Crippen LogP contribution < -0.4 is 10.6 Å². The molecule has 0 heterocycles. The zero-order valence-corrected chi connectivity index (χ0v) is 10.0. The molecular weight excluding hydrogens is 200 g/mol. The maximum Gasteiger partial charge on any atom is 0.223 e. The molecule has 0 aliphatic heterocycles. The second kappa shape index (κ2) is 4.02. The summed E-state index contributed by atoms with van der Waals surface area (Å²) in [5.41, 5.74) is 0. The van der Waals surface area contributed by atoms with E-state index in [1.165, 1.54) is 19.3 Å². The molecule has 2 N–H and O–H groups in total. The van der Waals surface area contributed by atoms with Crippen molar-refractivity contribution in [1.29, 1.82) is 0 Å². The number of amides is 1. The predicted molar refractivity (Wildman–Crippen MR) is 62.9 cm³/mol. The minimum atomic E-state index is 0.338. The summed E-state index contributed by atoms with van der Waals surface area (Å²) in [6, 6.07) is 0. The van der Waals surface area contributed by atoms with E-state index in [4.69, 9.17) is 0 Å². The van der Waals surface area contributed by atoms with E-state index in [0.717, 1.165) is 43.3 Å². The second-order valence-electron chi connectivity index (χ2n) is 5.66. The summed E-state index contributed by atoms with van der Waals surface area (Å²) in [6.07, 6.45) is 4.22. The van der Waals surface area contributed by atoms with Crippen molar-refractivity contribution in [3.63, 3.8) is 0 Å². The third-order valence-electron chi connectivity index (χ3n) is 4.89. The van der Waals surface area contributed by atoms with Crippen LogP contribution in [-0.2, 0) is 4.79 Å². The third kappa shape index (κ3) is 1.56. The number of fused-ring (bicyclic) bond motifs is 5. The summed E-state index contributed by atoms with van der Waals surface area (Å²) >= 11 is 0. The molecule has 0 spiro atoms. The highest BCUT2D eigenvalue weighted by Crippen LogP contribution is 2.69. The second-order valence-corrected chi connectivity index (χ2v) is 5.66. The van der Waals surface area contributed by atoms with E-state index in [0.29, 0.717) is 11.8 Å². The fourth-order valence-electron chi connectivity index (χ4n) is 4.24. The minimum absolute atomic E-state index is 0.338. The van der Waals surface area contributed by atoms with Crippen LogP contribution in [-0.4, -0.2) is 25.5 Å². The Bertz CT molecular complexity index is 276. The molecule has 0 aromatic heterocycles. The predicted octanol–water partition coefficient (Wildman–Crippen LogP) is 1.00. The van der Waals surface area contributed by atoms with Gasteiger partial charge >= 0.3 is 0 Å². The Morgan fingerprint density at radius 3 is 2.50 bits per heavy atom. The average molecular weight is 222 g/mol. The fourth-order valence-corrected chi connectivity index (χ4v) is 4.24. The van der Waals surface area contributed by atoms with Gasteiger partial charge in [0.2, 0.25) is 5.91 Å². The zero-order chi connectivity index (χ0) is 11.1. The number of hydrogen-bond donors (Lipinski definition) is 2. The summed E-state index contributed by atoms with van der Waals surface area (Å²) in [7, 11) is 0. The van der Waals surface area contributed by atoms with Gasteiger partial charge in [0.1, 0.15) is 0 Å². The quantitative estimate of drug-likeness (QED) is 0.682. The molecule has 3 nitrogen and oxygen atoms in total. The monoisotopic (exact) mass is 222 g/mol. The Morgan fingerprint density at radius 2 is 1.88 bits per heavy atom. The molecule has 90 valence electrons. The molecule has 3 aliphatic rings. The van der Waals surface area contributed by atoms with E-state index in [-0.39, 0.29) is 0 Å². The van der Waals surface area contributed by atoms with Crippen LogP contribution in [0.2, 0.25) is 0 Å². The van der Waals surface area contributed by atoms with Crippen LogP contribution in [0.4, 0.5) is 0 Å². The van der Waals surface area contributed by atoms with Crippen molar-refractivity contribution in [2.24, 2.45) is 29.6 Å². The Morgan fingerprint density at radius 1 is 1.19 bits per heavy atom. The minimum Gasteiger partial charge on any atom is -0.355 e. The van der Waals surface area contributed by atoms with Gasteiger partial charge in [-0.05, 0) is 49.5 Å². The lowest BCUT2D eigenvalue weighted by atomic mass is 10.0. The molecule has 0 radical (unpaired) electrons. The number of hydrogen-bond acceptors (Lipinski definition) is 2. The topological polar surface area (TPSA) is 41.1 Å². The van der Waals surface area contributed by atoms with Crippen LogP contribution >= 0.6 is 0 Å². The molecule has 4 unspecified atom stereocenters. The zero-order valence-electron chi connectivity index (χ0n) is 10.0. The van der Waals surface area contributed by atoms with Crippen LogP contribution in [0.15, 0.2) is 0 Å². The lowest BCUT2D eigenvalue weighted by Crippen LogP contribution is -2.33. The number of carbonyl (C=O) groups excluding carboxylic acids is 1. The summed E-state index contributed by atoms with van der Waals surface area (Å²) in [5, 5.41) is 6.30. The largest absolute Gasteiger partial charge is 0.355 e. The highest BCUT2D eigenvalue weighted by molar-refractivity contribution is 5.82. The average Bonchev–Trinajstić information content (AvgIpc) is 2.74. The molecule has 1 amide bonds. The van der Waals surface area contributed by atoms with E-state index < -0.39 is 0 Å². The molecule has 4 atom stereocenters. The smallest absolute Gasteiger partial charge is 0.223 e. The van der Waals surface area contributed by atoms with Crippen molar-refractivity contribution in [1.82, 2.24) is 10.6 Å². The van der Waals surface area contributed by atoms with Gasteiger partial charge in [0.05, 0.1) is 0 Å². The van der Waals surface area contributed by atoms with Crippen LogP contribution in [0.1, 0.15) is 26.2 Å². The Hall–Kier alpha value is -0.570. The van der Waals surface area contributed by atoms with Crippen molar-refractivity contribution in [2.45, 2.75) is 26.2 Å². The first-order valence-corrected chi connectivity index (χ1v) is 6.81. The molecule has 3 heteroatoms. The number of rotatable bonds is 5.